The van der Waals surface area contributed by atoms with Gasteiger partial charge in [-0.2, -0.15) is 5.10 Å². The van der Waals surface area contributed by atoms with E-state index >= 15 is 0 Å². The molecule has 0 bridgehead atoms. The number of hydrogen-bond donors (Lipinski definition) is 2. The van der Waals surface area contributed by atoms with E-state index in [2.05, 4.69) is 26.3 Å². The molecule has 0 aliphatic heterocycles. The molecule has 0 radical (unpaired) electrons. The van der Waals surface area contributed by atoms with Crippen LogP contribution in [-0.2, 0) is 13.5 Å². The highest BCUT2D eigenvalue weighted by molar-refractivity contribution is 9.10. The van der Waals surface area contributed by atoms with Gasteiger partial charge in [-0.25, -0.2) is 4.39 Å². The third kappa shape index (κ3) is 2.81. The summed E-state index contributed by atoms with van der Waals surface area (Å²) in [5.74, 6) is -0.357. The fourth-order valence-electron chi connectivity index (χ4n) is 1.69. The molecule has 0 spiro atoms. The summed E-state index contributed by atoms with van der Waals surface area (Å²) >= 11 is 3.14. The molecule has 18 heavy (non-hydrogen) atoms. The molecule has 4 nitrogen and oxygen atoms in total. The van der Waals surface area contributed by atoms with Gasteiger partial charge in [0.05, 0.1) is 15.8 Å². The van der Waals surface area contributed by atoms with Gasteiger partial charge < -0.3 is 11.1 Å². The van der Waals surface area contributed by atoms with Crippen molar-refractivity contribution in [2.24, 2.45) is 7.05 Å². The summed E-state index contributed by atoms with van der Waals surface area (Å²) in [7, 11) is 1.90. The van der Waals surface area contributed by atoms with E-state index in [0.29, 0.717) is 16.7 Å². The summed E-state index contributed by atoms with van der Waals surface area (Å²) in [6.07, 6.45) is 2.59. The van der Waals surface area contributed by atoms with Gasteiger partial charge in [0.1, 0.15) is 5.82 Å². The van der Waals surface area contributed by atoms with E-state index in [1.807, 2.05) is 17.8 Å². The maximum absolute atomic E-state index is 13.2. The lowest BCUT2D eigenvalue weighted by atomic mass is 10.2. The molecule has 0 amide bonds. The van der Waals surface area contributed by atoms with Gasteiger partial charge in [0.15, 0.2) is 0 Å². The Kier molecular flexibility index (Phi) is 3.86. The average Bonchev–Trinajstić information content (AvgIpc) is 2.72. The number of hydrogen-bond acceptors (Lipinski definition) is 3. The van der Waals surface area contributed by atoms with Crippen molar-refractivity contribution in [2.45, 2.75) is 6.42 Å². The zero-order valence-electron chi connectivity index (χ0n) is 9.95. The number of rotatable bonds is 4. The predicted molar refractivity (Wildman–Crippen MR) is 73.9 cm³/mol. The lowest BCUT2D eigenvalue weighted by Crippen LogP contribution is -2.09. The first-order valence-corrected chi connectivity index (χ1v) is 6.32. The van der Waals surface area contributed by atoms with E-state index in [4.69, 9.17) is 5.73 Å². The smallest absolute Gasteiger partial charge is 0.139 e. The first kappa shape index (κ1) is 12.9. The van der Waals surface area contributed by atoms with Crippen LogP contribution in [0.3, 0.4) is 0 Å². The first-order valence-electron chi connectivity index (χ1n) is 5.53. The minimum atomic E-state index is -0.357. The first-order chi connectivity index (χ1) is 8.58. The van der Waals surface area contributed by atoms with Gasteiger partial charge in [0.25, 0.3) is 0 Å². The molecule has 0 atom stereocenters. The normalized spacial score (nSPS) is 10.6. The van der Waals surface area contributed by atoms with Crippen molar-refractivity contribution in [1.29, 1.82) is 0 Å². The summed E-state index contributed by atoms with van der Waals surface area (Å²) < 4.78 is 15.4. The molecule has 0 unspecified atom stereocenters. The molecule has 6 heteroatoms. The monoisotopic (exact) mass is 312 g/mol. The fraction of sp³-hybridized carbons (Fsp3) is 0.250. The maximum atomic E-state index is 13.2. The Labute approximate surface area is 113 Å². The highest BCUT2D eigenvalue weighted by atomic mass is 79.9. The molecule has 96 valence electrons. The van der Waals surface area contributed by atoms with Crippen LogP contribution in [0, 0.1) is 5.82 Å². The number of benzene rings is 1. The molecule has 1 heterocycles. The lowest BCUT2D eigenvalue weighted by molar-refractivity contribution is 0.622. The van der Waals surface area contributed by atoms with Crippen LogP contribution in [0.4, 0.5) is 15.8 Å². The fourth-order valence-corrected chi connectivity index (χ4v) is 2.03. The predicted octanol–water partition coefficient (Wildman–Crippen LogP) is 2.56. The third-order valence-electron chi connectivity index (χ3n) is 2.71. The number of nitrogens with one attached hydrogen (secondary N) is 1. The van der Waals surface area contributed by atoms with E-state index in [1.54, 1.807) is 12.3 Å². The van der Waals surface area contributed by atoms with Crippen molar-refractivity contribution in [3.8, 4) is 0 Å². The number of aromatic nitrogens is 2. The van der Waals surface area contributed by atoms with Crippen molar-refractivity contribution >= 4 is 27.3 Å². The molecule has 0 aliphatic carbocycles. The molecule has 1 aromatic carbocycles. The van der Waals surface area contributed by atoms with Gasteiger partial charge in [0.2, 0.25) is 0 Å². The topological polar surface area (TPSA) is 55.9 Å². The molecule has 1 aromatic heterocycles. The summed E-state index contributed by atoms with van der Waals surface area (Å²) in [6, 6.07) is 4.91. The minimum Gasteiger partial charge on any atom is -0.397 e. The van der Waals surface area contributed by atoms with Crippen LogP contribution < -0.4 is 11.1 Å². The molecule has 0 aliphatic rings. The molecule has 0 fully saturated rings. The van der Waals surface area contributed by atoms with Crippen LogP contribution in [0.25, 0.3) is 0 Å². The van der Waals surface area contributed by atoms with E-state index in [-0.39, 0.29) is 5.82 Å². The SMILES string of the molecule is Cn1nccc1CCNc1cc(Br)c(F)cc1N. The highest BCUT2D eigenvalue weighted by Crippen LogP contribution is 2.26. The molecular formula is C12H14BrFN4. The molecule has 2 rings (SSSR count). The third-order valence-corrected chi connectivity index (χ3v) is 3.32. The Morgan fingerprint density at radius 3 is 2.94 bits per heavy atom. The van der Waals surface area contributed by atoms with Crippen molar-refractivity contribution in [1.82, 2.24) is 9.78 Å². The van der Waals surface area contributed by atoms with E-state index < -0.39 is 0 Å². The number of nitrogen functional groups attached to an aromatic ring is 1. The second-order valence-electron chi connectivity index (χ2n) is 3.98. The Balaban J connectivity index is 1.99. The Bertz CT molecular complexity index is 553. The number of aryl methyl sites for hydroxylation is 1. The summed E-state index contributed by atoms with van der Waals surface area (Å²) in [5, 5.41) is 7.28. The number of nitrogens with two attached hydrogens (primary N) is 1. The van der Waals surface area contributed by atoms with Gasteiger partial charge in [-0.05, 0) is 28.1 Å². The zero-order chi connectivity index (χ0) is 13.1. The Hall–Kier alpha value is -1.56. The van der Waals surface area contributed by atoms with Gasteiger partial charge in [-0.3, -0.25) is 4.68 Å². The summed E-state index contributed by atoms with van der Waals surface area (Å²) in [4.78, 5) is 0. The second kappa shape index (κ2) is 5.39. The maximum Gasteiger partial charge on any atom is 0.139 e. The molecular weight excluding hydrogens is 299 g/mol. The molecule has 0 saturated heterocycles. The van der Waals surface area contributed by atoms with Gasteiger partial charge in [-0.1, -0.05) is 0 Å². The van der Waals surface area contributed by atoms with Crippen molar-refractivity contribution in [3.05, 3.63) is 40.4 Å². The van der Waals surface area contributed by atoms with Crippen LogP contribution in [0.15, 0.2) is 28.9 Å². The molecule has 3 N–H and O–H groups in total. The van der Waals surface area contributed by atoms with Gasteiger partial charge in [-0.15, -0.1) is 0 Å². The van der Waals surface area contributed by atoms with Crippen molar-refractivity contribution < 1.29 is 4.39 Å². The average molecular weight is 313 g/mol. The van der Waals surface area contributed by atoms with Crippen LogP contribution in [0.5, 0.6) is 0 Å². The van der Waals surface area contributed by atoms with E-state index in [9.17, 15) is 4.39 Å². The number of halogens is 2. The minimum absolute atomic E-state index is 0.357. The largest absolute Gasteiger partial charge is 0.397 e. The Morgan fingerprint density at radius 1 is 1.50 bits per heavy atom. The lowest BCUT2D eigenvalue weighted by Gasteiger charge is -2.10. The van der Waals surface area contributed by atoms with Crippen LogP contribution >= 0.6 is 15.9 Å². The summed E-state index contributed by atoms with van der Waals surface area (Å²) in [6.45, 7) is 0.710. The summed E-state index contributed by atoms with van der Waals surface area (Å²) in [5.41, 5.74) is 8.00. The van der Waals surface area contributed by atoms with Gasteiger partial charge >= 0.3 is 0 Å². The van der Waals surface area contributed by atoms with Gasteiger partial charge in [0, 0.05) is 38.0 Å². The number of nitrogens with zero attached hydrogens (tertiary/aromatic N) is 2. The van der Waals surface area contributed by atoms with Crippen molar-refractivity contribution in [2.75, 3.05) is 17.6 Å². The second-order valence-corrected chi connectivity index (χ2v) is 4.83. The van der Waals surface area contributed by atoms with Crippen LogP contribution in [0.1, 0.15) is 5.69 Å². The van der Waals surface area contributed by atoms with Crippen LogP contribution in [0.2, 0.25) is 0 Å². The highest BCUT2D eigenvalue weighted by Gasteiger charge is 2.06. The van der Waals surface area contributed by atoms with Crippen molar-refractivity contribution in [3.63, 3.8) is 0 Å². The molecule has 0 saturated carbocycles. The number of anilines is 2. The molecule has 2 aromatic rings. The van der Waals surface area contributed by atoms with Crippen LogP contribution in [-0.4, -0.2) is 16.3 Å². The van der Waals surface area contributed by atoms with E-state index in [0.717, 1.165) is 17.8 Å². The quantitative estimate of drug-likeness (QED) is 0.853. The standard InChI is InChI=1S/C12H14BrFN4/c1-18-8(3-5-17-18)2-4-16-12-6-9(13)10(14)7-11(12)15/h3,5-7,16H,2,4,15H2,1H3. The van der Waals surface area contributed by atoms with E-state index in [1.165, 1.54) is 6.07 Å². The Morgan fingerprint density at radius 2 is 2.28 bits per heavy atom. The zero-order valence-corrected chi connectivity index (χ0v) is 11.5.